The van der Waals surface area contributed by atoms with Gasteiger partial charge < -0.3 is 16.0 Å². The lowest BCUT2D eigenvalue weighted by molar-refractivity contribution is 0.248. The number of piperidine rings is 1. The van der Waals surface area contributed by atoms with Gasteiger partial charge in [-0.3, -0.25) is 0 Å². The van der Waals surface area contributed by atoms with E-state index in [1.54, 1.807) is 0 Å². The van der Waals surface area contributed by atoms with Gasteiger partial charge in [-0.2, -0.15) is 0 Å². The van der Waals surface area contributed by atoms with Crippen molar-refractivity contribution in [3.05, 3.63) is 29.8 Å². The summed E-state index contributed by atoms with van der Waals surface area (Å²) in [6.07, 6.45) is 2.12. The summed E-state index contributed by atoms with van der Waals surface area (Å²) in [5, 5.41) is 8.06. The first kappa shape index (κ1) is 13.7. The second-order valence-corrected chi connectivity index (χ2v) is 4.64. The summed E-state index contributed by atoms with van der Waals surface area (Å²) >= 11 is 0. The fourth-order valence-electron chi connectivity index (χ4n) is 2.11. The van der Waals surface area contributed by atoms with Gasteiger partial charge in [0.15, 0.2) is 0 Å². The lowest BCUT2D eigenvalue weighted by Gasteiger charge is -2.22. The average Bonchev–Trinajstić information content (AvgIpc) is 2.42. The average molecular weight is 269 g/mol. The van der Waals surface area contributed by atoms with Gasteiger partial charge in [-0.25, -0.2) is 13.6 Å². The first-order valence-electron chi connectivity index (χ1n) is 6.36. The third kappa shape index (κ3) is 3.89. The zero-order valence-electron chi connectivity index (χ0n) is 10.5. The van der Waals surface area contributed by atoms with Crippen LogP contribution >= 0.6 is 0 Å². The van der Waals surface area contributed by atoms with E-state index in [9.17, 15) is 13.6 Å². The number of anilines is 1. The van der Waals surface area contributed by atoms with Crippen LogP contribution < -0.4 is 16.0 Å². The Morgan fingerprint density at radius 1 is 1.37 bits per heavy atom. The first-order valence-corrected chi connectivity index (χ1v) is 6.36. The van der Waals surface area contributed by atoms with E-state index in [4.69, 9.17) is 0 Å². The van der Waals surface area contributed by atoms with Gasteiger partial charge in [0.05, 0.1) is 0 Å². The summed E-state index contributed by atoms with van der Waals surface area (Å²) < 4.78 is 26.6. The summed E-state index contributed by atoms with van der Waals surface area (Å²) in [6, 6.07) is 2.86. The number of benzene rings is 1. The van der Waals surface area contributed by atoms with Crippen LogP contribution in [0.2, 0.25) is 0 Å². The molecule has 1 heterocycles. The van der Waals surface area contributed by atoms with Gasteiger partial charge in [-0.1, -0.05) is 6.07 Å². The summed E-state index contributed by atoms with van der Waals surface area (Å²) in [6.45, 7) is 2.35. The fourth-order valence-corrected chi connectivity index (χ4v) is 2.11. The monoisotopic (exact) mass is 269 g/mol. The smallest absolute Gasteiger partial charge is 0.319 e. The van der Waals surface area contributed by atoms with E-state index in [0.717, 1.165) is 38.1 Å². The number of para-hydroxylation sites is 1. The summed E-state index contributed by atoms with van der Waals surface area (Å²) in [4.78, 5) is 11.6. The Balaban J connectivity index is 1.83. The number of urea groups is 1. The van der Waals surface area contributed by atoms with Crippen molar-refractivity contribution in [3.8, 4) is 0 Å². The molecule has 0 bridgehead atoms. The van der Waals surface area contributed by atoms with E-state index >= 15 is 0 Å². The zero-order valence-corrected chi connectivity index (χ0v) is 10.5. The van der Waals surface area contributed by atoms with Crippen molar-refractivity contribution in [3.63, 3.8) is 0 Å². The molecule has 4 nitrogen and oxygen atoms in total. The molecule has 1 aromatic carbocycles. The Morgan fingerprint density at radius 2 is 2.11 bits per heavy atom. The molecule has 1 saturated heterocycles. The number of nitrogens with one attached hydrogen (secondary N) is 3. The molecule has 1 atom stereocenters. The molecule has 0 radical (unpaired) electrons. The molecule has 1 aromatic rings. The maximum Gasteiger partial charge on any atom is 0.319 e. The maximum atomic E-state index is 13.3. The Hall–Kier alpha value is -1.69. The summed E-state index contributed by atoms with van der Waals surface area (Å²) in [5.41, 5.74) is -0.415. The molecular formula is C13H17F2N3O. The molecule has 19 heavy (non-hydrogen) atoms. The molecule has 6 heteroatoms. The lowest BCUT2D eigenvalue weighted by Crippen LogP contribution is -2.39. The zero-order chi connectivity index (χ0) is 13.7. The van der Waals surface area contributed by atoms with Crippen LogP contribution in [0.1, 0.15) is 12.8 Å². The summed E-state index contributed by atoms with van der Waals surface area (Å²) in [5.74, 6) is -1.20. The number of hydrogen-bond acceptors (Lipinski definition) is 2. The van der Waals surface area contributed by atoms with E-state index < -0.39 is 23.4 Å². The van der Waals surface area contributed by atoms with Crippen LogP contribution in [0.3, 0.4) is 0 Å². The normalized spacial score (nSPS) is 18.9. The predicted octanol–water partition coefficient (Wildman–Crippen LogP) is 2.09. The number of rotatable bonds is 3. The molecule has 104 valence electrons. The van der Waals surface area contributed by atoms with Crippen LogP contribution in [0, 0.1) is 17.6 Å². The maximum absolute atomic E-state index is 13.3. The third-order valence-corrected chi connectivity index (χ3v) is 3.15. The van der Waals surface area contributed by atoms with Crippen molar-refractivity contribution < 1.29 is 13.6 Å². The van der Waals surface area contributed by atoms with E-state index in [0.29, 0.717) is 12.5 Å². The Labute approximate surface area is 110 Å². The molecule has 0 saturated carbocycles. The van der Waals surface area contributed by atoms with Crippen LogP contribution in [0.15, 0.2) is 18.2 Å². The van der Waals surface area contributed by atoms with Crippen molar-refractivity contribution in [1.82, 2.24) is 10.6 Å². The minimum atomic E-state index is -0.783. The lowest BCUT2D eigenvalue weighted by atomic mass is 10.00. The highest BCUT2D eigenvalue weighted by Crippen LogP contribution is 2.17. The molecule has 1 unspecified atom stereocenters. The van der Waals surface area contributed by atoms with Crippen molar-refractivity contribution in [1.29, 1.82) is 0 Å². The topological polar surface area (TPSA) is 53.2 Å². The third-order valence-electron chi connectivity index (χ3n) is 3.15. The van der Waals surface area contributed by atoms with Gasteiger partial charge in [0.1, 0.15) is 17.3 Å². The molecule has 1 aliphatic rings. The van der Waals surface area contributed by atoms with E-state index in [1.165, 1.54) is 6.07 Å². The number of halogens is 2. The quantitative estimate of drug-likeness (QED) is 0.787. The van der Waals surface area contributed by atoms with Crippen LogP contribution in [0.5, 0.6) is 0 Å². The highest BCUT2D eigenvalue weighted by Gasteiger charge is 2.15. The van der Waals surface area contributed by atoms with E-state index in [2.05, 4.69) is 16.0 Å². The molecule has 0 aliphatic carbocycles. The highest BCUT2D eigenvalue weighted by molar-refractivity contribution is 5.89. The minimum Gasteiger partial charge on any atom is -0.338 e. The number of amides is 2. The van der Waals surface area contributed by atoms with Crippen molar-refractivity contribution in [2.45, 2.75) is 12.8 Å². The SMILES string of the molecule is O=C(NCC1CCCNC1)Nc1c(F)cccc1F. The van der Waals surface area contributed by atoms with Crippen LogP contribution in [-0.2, 0) is 0 Å². The number of carbonyl (C=O) groups excluding carboxylic acids is 1. The number of hydrogen-bond donors (Lipinski definition) is 3. The van der Waals surface area contributed by atoms with Crippen molar-refractivity contribution in [2.24, 2.45) is 5.92 Å². The van der Waals surface area contributed by atoms with E-state index in [-0.39, 0.29) is 0 Å². The molecule has 0 spiro atoms. The molecule has 3 N–H and O–H groups in total. The van der Waals surface area contributed by atoms with Crippen molar-refractivity contribution in [2.75, 3.05) is 25.0 Å². The van der Waals surface area contributed by atoms with Gasteiger partial charge in [0.2, 0.25) is 0 Å². The van der Waals surface area contributed by atoms with Gasteiger partial charge in [0, 0.05) is 6.54 Å². The predicted molar refractivity (Wildman–Crippen MR) is 69.0 cm³/mol. The molecule has 2 rings (SSSR count). The van der Waals surface area contributed by atoms with Crippen LogP contribution in [-0.4, -0.2) is 25.7 Å². The largest absolute Gasteiger partial charge is 0.338 e. The molecule has 1 fully saturated rings. The molecular weight excluding hydrogens is 252 g/mol. The van der Waals surface area contributed by atoms with Crippen molar-refractivity contribution >= 4 is 11.7 Å². The Kier molecular flexibility index (Phi) is 4.68. The highest BCUT2D eigenvalue weighted by atomic mass is 19.1. The number of carbonyl (C=O) groups is 1. The molecule has 2 amide bonds. The molecule has 0 aromatic heterocycles. The Bertz CT molecular complexity index is 427. The fraction of sp³-hybridized carbons (Fsp3) is 0.462. The van der Waals surface area contributed by atoms with Gasteiger partial charge in [0.25, 0.3) is 0 Å². The second-order valence-electron chi connectivity index (χ2n) is 4.64. The van der Waals surface area contributed by atoms with Gasteiger partial charge in [-0.05, 0) is 44.0 Å². The second kappa shape index (κ2) is 6.47. The van der Waals surface area contributed by atoms with Crippen LogP contribution in [0.25, 0.3) is 0 Å². The summed E-state index contributed by atoms with van der Waals surface area (Å²) in [7, 11) is 0. The van der Waals surface area contributed by atoms with Gasteiger partial charge in [-0.15, -0.1) is 0 Å². The standard InChI is InChI=1S/C13H17F2N3O/c14-10-4-1-5-11(15)12(10)18-13(19)17-8-9-3-2-6-16-7-9/h1,4-5,9,16H,2-3,6-8H2,(H2,17,18,19). The van der Waals surface area contributed by atoms with E-state index in [1.807, 2.05) is 0 Å². The van der Waals surface area contributed by atoms with Gasteiger partial charge >= 0.3 is 6.03 Å². The Morgan fingerprint density at radius 3 is 2.74 bits per heavy atom. The van der Waals surface area contributed by atoms with Crippen LogP contribution in [0.4, 0.5) is 19.3 Å². The minimum absolute atomic E-state index is 0.366. The first-order chi connectivity index (χ1) is 9.16. The molecule has 1 aliphatic heterocycles.